The summed E-state index contributed by atoms with van der Waals surface area (Å²) in [6.45, 7) is 3.82. The van der Waals surface area contributed by atoms with Crippen LogP contribution in [-0.4, -0.2) is 49.2 Å². The average molecular weight is 354 g/mol. The molecule has 0 aliphatic carbocycles. The number of thiocarbonyl (C=S) groups is 1. The van der Waals surface area contributed by atoms with Gasteiger partial charge in [0.2, 0.25) is 0 Å². The fourth-order valence-corrected chi connectivity index (χ4v) is 2.32. The molecule has 0 bridgehead atoms. The lowest BCUT2D eigenvalue weighted by Gasteiger charge is -2.13. The van der Waals surface area contributed by atoms with Crippen LogP contribution >= 0.6 is 12.2 Å². The van der Waals surface area contributed by atoms with Crippen molar-refractivity contribution in [1.29, 1.82) is 5.26 Å². The molecule has 9 heteroatoms. The van der Waals surface area contributed by atoms with E-state index < -0.39 is 0 Å². The van der Waals surface area contributed by atoms with Gasteiger partial charge in [0.1, 0.15) is 24.3 Å². The van der Waals surface area contributed by atoms with Gasteiger partial charge in [-0.25, -0.2) is 15.0 Å². The number of nitriles is 1. The van der Waals surface area contributed by atoms with E-state index in [1.54, 1.807) is 17.0 Å². The number of hydrogen-bond donors (Lipinski definition) is 2. The molecule has 2 heterocycles. The van der Waals surface area contributed by atoms with Crippen molar-refractivity contribution >= 4 is 23.1 Å². The highest BCUT2D eigenvalue weighted by atomic mass is 32.1. The molecule has 0 radical (unpaired) electrons. The molecule has 0 atom stereocenters. The maximum Gasteiger partial charge on any atom is 0.171 e. The Morgan fingerprint density at radius 1 is 1.40 bits per heavy atom. The first kappa shape index (κ1) is 18.3. The van der Waals surface area contributed by atoms with Gasteiger partial charge in [0, 0.05) is 25.4 Å². The number of imidazole rings is 1. The maximum absolute atomic E-state index is 8.84. The summed E-state index contributed by atoms with van der Waals surface area (Å²) in [5.74, 6) is 3.78. The maximum atomic E-state index is 8.84. The van der Waals surface area contributed by atoms with Gasteiger partial charge >= 0.3 is 0 Å². The SMILES string of the molecule is C#CCN(CC#N)Cc1cn(-c2cc(NC(=S)NCC)ncn2)cn1. The zero-order valence-electron chi connectivity index (χ0n) is 13.8. The van der Waals surface area contributed by atoms with Crippen LogP contribution in [0, 0.1) is 23.7 Å². The zero-order chi connectivity index (χ0) is 18.1. The van der Waals surface area contributed by atoms with Gasteiger partial charge in [-0.1, -0.05) is 5.92 Å². The lowest BCUT2D eigenvalue weighted by atomic mass is 10.4. The van der Waals surface area contributed by atoms with Gasteiger partial charge in [-0.05, 0) is 19.1 Å². The summed E-state index contributed by atoms with van der Waals surface area (Å²) in [5, 5.41) is 15.3. The minimum atomic E-state index is 0.251. The van der Waals surface area contributed by atoms with Gasteiger partial charge in [-0.2, -0.15) is 5.26 Å². The van der Waals surface area contributed by atoms with Crippen LogP contribution in [-0.2, 0) is 6.54 Å². The topological polar surface area (TPSA) is 94.7 Å². The van der Waals surface area contributed by atoms with Crippen LogP contribution < -0.4 is 10.6 Å². The first-order valence-corrected chi connectivity index (χ1v) is 8.00. The Hall–Kier alpha value is -3.01. The molecule has 2 aromatic rings. The van der Waals surface area contributed by atoms with E-state index in [-0.39, 0.29) is 6.54 Å². The first-order chi connectivity index (χ1) is 12.2. The second kappa shape index (κ2) is 9.33. The molecule has 25 heavy (non-hydrogen) atoms. The van der Waals surface area contributed by atoms with Crippen LogP contribution in [0.2, 0.25) is 0 Å². The van der Waals surface area contributed by atoms with Crippen LogP contribution in [0.1, 0.15) is 12.6 Å². The van der Waals surface area contributed by atoms with Crippen molar-refractivity contribution in [1.82, 2.24) is 29.7 Å². The van der Waals surface area contributed by atoms with E-state index in [9.17, 15) is 0 Å². The summed E-state index contributed by atoms with van der Waals surface area (Å²) in [5.41, 5.74) is 0.793. The van der Waals surface area contributed by atoms with E-state index in [0.29, 0.717) is 29.8 Å². The Labute approximate surface area is 151 Å². The summed E-state index contributed by atoms with van der Waals surface area (Å²) in [6.07, 6.45) is 10.3. The molecule has 0 unspecified atom stereocenters. The molecule has 0 aromatic carbocycles. The lowest BCUT2D eigenvalue weighted by molar-refractivity contribution is 0.332. The molecule has 0 saturated heterocycles. The highest BCUT2D eigenvalue weighted by Gasteiger charge is 2.09. The Balaban J connectivity index is 2.10. The Kier molecular flexibility index (Phi) is 6.84. The van der Waals surface area contributed by atoms with E-state index >= 15 is 0 Å². The molecular formula is C16H18N8S. The van der Waals surface area contributed by atoms with Gasteiger partial charge in [0.25, 0.3) is 0 Å². The van der Waals surface area contributed by atoms with Crippen LogP contribution in [0.3, 0.4) is 0 Å². The zero-order valence-corrected chi connectivity index (χ0v) is 14.6. The molecule has 0 saturated carbocycles. The first-order valence-electron chi connectivity index (χ1n) is 7.59. The quantitative estimate of drug-likeness (QED) is 0.431. The van der Waals surface area contributed by atoms with Crippen molar-refractivity contribution in [2.24, 2.45) is 0 Å². The van der Waals surface area contributed by atoms with E-state index in [4.69, 9.17) is 23.9 Å². The number of nitrogens with zero attached hydrogens (tertiary/aromatic N) is 6. The van der Waals surface area contributed by atoms with Gasteiger partial charge in [0.05, 0.1) is 24.9 Å². The van der Waals surface area contributed by atoms with Crippen molar-refractivity contribution in [2.45, 2.75) is 13.5 Å². The Bertz CT molecular complexity index is 785. The third kappa shape index (κ3) is 5.53. The fraction of sp³-hybridized carbons (Fsp3) is 0.312. The summed E-state index contributed by atoms with van der Waals surface area (Å²) in [4.78, 5) is 14.5. The van der Waals surface area contributed by atoms with Crippen molar-refractivity contribution < 1.29 is 0 Å². The van der Waals surface area contributed by atoms with E-state index in [1.807, 2.05) is 18.0 Å². The molecule has 0 fully saturated rings. The fourth-order valence-electron chi connectivity index (χ4n) is 2.07. The molecule has 0 spiro atoms. The van der Waals surface area contributed by atoms with Crippen molar-refractivity contribution in [3.8, 4) is 24.2 Å². The number of anilines is 1. The standard InChI is InChI=1S/C16H18N8S/c1-3-6-23(7-5-17)9-13-10-24(12-21-13)15-8-14(19-11-20-15)22-16(25)18-4-2/h1,8,10-12H,4,6-7,9H2,2H3,(H2,18,19,20,22,25). The summed E-state index contributed by atoms with van der Waals surface area (Å²) in [7, 11) is 0. The average Bonchev–Trinajstić information content (AvgIpc) is 3.04. The van der Waals surface area contributed by atoms with Crippen LogP contribution in [0.5, 0.6) is 0 Å². The number of terminal acetylenes is 1. The minimum absolute atomic E-state index is 0.251. The molecule has 2 N–H and O–H groups in total. The highest BCUT2D eigenvalue weighted by molar-refractivity contribution is 7.80. The largest absolute Gasteiger partial charge is 0.363 e. The Morgan fingerprint density at radius 3 is 2.96 bits per heavy atom. The molecular weight excluding hydrogens is 336 g/mol. The third-order valence-corrected chi connectivity index (χ3v) is 3.37. The van der Waals surface area contributed by atoms with Crippen molar-refractivity contribution in [2.75, 3.05) is 25.0 Å². The third-order valence-electron chi connectivity index (χ3n) is 3.13. The van der Waals surface area contributed by atoms with E-state index in [1.165, 1.54) is 6.33 Å². The van der Waals surface area contributed by atoms with E-state index in [0.717, 1.165) is 12.2 Å². The predicted molar refractivity (Wildman–Crippen MR) is 98.8 cm³/mol. The minimum Gasteiger partial charge on any atom is -0.363 e. The smallest absolute Gasteiger partial charge is 0.171 e. The Morgan fingerprint density at radius 2 is 2.24 bits per heavy atom. The molecule has 2 aromatic heterocycles. The van der Waals surface area contributed by atoms with Crippen LogP contribution in [0.15, 0.2) is 24.9 Å². The molecule has 0 amide bonds. The van der Waals surface area contributed by atoms with E-state index in [2.05, 4.69) is 37.6 Å². The van der Waals surface area contributed by atoms with Gasteiger partial charge < -0.3 is 10.6 Å². The van der Waals surface area contributed by atoms with Crippen LogP contribution in [0.4, 0.5) is 5.82 Å². The molecule has 8 nitrogen and oxygen atoms in total. The number of rotatable bonds is 7. The summed E-state index contributed by atoms with van der Waals surface area (Å²) >= 11 is 5.15. The van der Waals surface area contributed by atoms with Gasteiger partial charge in [-0.15, -0.1) is 6.42 Å². The second-order valence-electron chi connectivity index (χ2n) is 5.03. The monoisotopic (exact) mass is 354 g/mol. The molecule has 0 aliphatic rings. The highest BCUT2D eigenvalue weighted by Crippen LogP contribution is 2.11. The normalized spacial score (nSPS) is 10.1. The van der Waals surface area contributed by atoms with Crippen molar-refractivity contribution in [3.05, 3.63) is 30.6 Å². The van der Waals surface area contributed by atoms with Crippen LogP contribution in [0.25, 0.3) is 5.82 Å². The van der Waals surface area contributed by atoms with Gasteiger partial charge in [0.15, 0.2) is 5.11 Å². The number of hydrogen-bond acceptors (Lipinski definition) is 6. The van der Waals surface area contributed by atoms with Gasteiger partial charge in [-0.3, -0.25) is 9.47 Å². The second-order valence-corrected chi connectivity index (χ2v) is 5.43. The van der Waals surface area contributed by atoms with Crippen molar-refractivity contribution in [3.63, 3.8) is 0 Å². The molecule has 0 aliphatic heterocycles. The summed E-state index contributed by atoms with van der Waals surface area (Å²) < 4.78 is 1.78. The number of nitrogens with one attached hydrogen (secondary N) is 2. The predicted octanol–water partition coefficient (Wildman–Crippen LogP) is 0.927. The number of aromatic nitrogens is 4. The molecule has 128 valence electrons. The summed E-state index contributed by atoms with van der Waals surface area (Å²) in [6, 6.07) is 3.86. The lowest BCUT2D eigenvalue weighted by Crippen LogP contribution is -2.28. The molecule has 2 rings (SSSR count).